The Morgan fingerprint density at radius 1 is 1.04 bits per heavy atom. The largest absolute Gasteiger partial charge is 0.353 e. The van der Waals surface area contributed by atoms with Crippen LogP contribution in [0.15, 0.2) is 30.3 Å². The van der Waals surface area contributed by atoms with Gasteiger partial charge in [-0.1, -0.05) is 36.8 Å². The molecule has 5 nitrogen and oxygen atoms in total. The summed E-state index contributed by atoms with van der Waals surface area (Å²) in [5.74, 6) is 1.63. The number of hydrogen-bond acceptors (Lipinski definition) is 3. The standard InChI is InChI=1S/C20H28N2O3S/c23-20(21-19-13-16-6-7-18(19)12-16)17-8-10-22(11-9-17)26(24,25)14-15-4-2-1-3-5-15/h1-5,16-19H,6-14H2,(H,21,23). The van der Waals surface area contributed by atoms with Gasteiger partial charge >= 0.3 is 0 Å². The molecular weight excluding hydrogens is 348 g/mol. The van der Waals surface area contributed by atoms with Crippen molar-refractivity contribution in [3.63, 3.8) is 0 Å². The van der Waals surface area contributed by atoms with Crippen LogP contribution in [0.2, 0.25) is 0 Å². The quantitative estimate of drug-likeness (QED) is 0.859. The van der Waals surface area contributed by atoms with E-state index in [0.29, 0.717) is 37.9 Å². The molecular formula is C20H28N2O3S. The zero-order valence-electron chi connectivity index (χ0n) is 15.1. The number of piperidine rings is 1. The molecule has 3 atom stereocenters. The molecule has 2 aliphatic carbocycles. The van der Waals surface area contributed by atoms with Gasteiger partial charge in [0, 0.05) is 25.0 Å². The van der Waals surface area contributed by atoms with Crippen LogP contribution >= 0.6 is 0 Å². The maximum Gasteiger partial charge on any atom is 0.223 e. The van der Waals surface area contributed by atoms with E-state index in [2.05, 4.69) is 5.32 Å². The van der Waals surface area contributed by atoms with Crippen molar-refractivity contribution in [1.82, 2.24) is 9.62 Å². The van der Waals surface area contributed by atoms with E-state index in [9.17, 15) is 13.2 Å². The summed E-state index contributed by atoms with van der Waals surface area (Å²) in [7, 11) is -3.31. The Morgan fingerprint density at radius 2 is 1.77 bits per heavy atom. The molecule has 0 aromatic heterocycles. The molecule has 3 fully saturated rings. The fourth-order valence-electron chi connectivity index (χ4n) is 4.99. The summed E-state index contributed by atoms with van der Waals surface area (Å²) in [6.45, 7) is 0.897. The first-order valence-electron chi connectivity index (χ1n) is 9.83. The van der Waals surface area contributed by atoms with E-state index in [-0.39, 0.29) is 17.6 Å². The Balaban J connectivity index is 1.29. The maximum absolute atomic E-state index is 12.6. The first-order chi connectivity index (χ1) is 12.5. The van der Waals surface area contributed by atoms with Gasteiger partial charge in [0.15, 0.2) is 0 Å². The number of rotatable bonds is 5. The number of nitrogens with zero attached hydrogens (tertiary/aromatic N) is 1. The molecule has 6 heteroatoms. The van der Waals surface area contributed by atoms with Crippen LogP contribution in [0.3, 0.4) is 0 Å². The van der Waals surface area contributed by atoms with Crippen LogP contribution in [-0.4, -0.2) is 37.8 Å². The van der Waals surface area contributed by atoms with Crippen molar-refractivity contribution >= 4 is 15.9 Å². The summed E-state index contributed by atoms with van der Waals surface area (Å²) in [5, 5.41) is 3.27. The second-order valence-corrected chi connectivity index (χ2v) is 10.2. The molecule has 2 bridgehead atoms. The van der Waals surface area contributed by atoms with Gasteiger partial charge in [0.05, 0.1) is 5.75 Å². The molecule has 3 unspecified atom stereocenters. The van der Waals surface area contributed by atoms with Gasteiger partial charge in [-0.2, -0.15) is 0 Å². The average molecular weight is 377 g/mol. The number of fused-ring (bicyclic) bond motifs is 2. The van der Waals surface area contributed by atoms with E-state index < -0.39 is 10.0 Å². The minimum absolute atomic E-state index is 0.0375. The lowest BCUT2D eigenvalue weighted by Crippen LogP contribution is -2.46. The lowest BCUT2D eigenvalue weighted by Gasteiger charge is -2.32. The third-order valence-corrected chi connectivity index (χ3v) is 8.33. The molecule has 4 rings (SSSR count). The predicted octanol–water partition coefficient (Wildman–Crippen LogP) is 2.53. The number of sulfonamides is 1. The minimum Gasteiger partial charge on any atom is -0.353 e. The molecule has 1 aliphatic heterocycles. The minimum atomic E-state index is -3.31. The molecule has 0 spiro atoms. The molecule has 0 radical (unpaired) electrons. The van der Waals surface area contributed by atoms with Crippen LogP contribution in [0.4, 0.5) is 0 Å². The molecule has 142 valence electrons. The number of nitrogens with one attached hydrogen (secondary N) is 1. The lowest BCUT2D eigenvalue weighted by molar-refractivity contribution is -0.127. The third kappa shape index (κ3) is 3.81. The van der Waals surface area contributed by atoms with Crippen molar-refractivity contribution in [1.29, 1.82) is 0 Å². The van der Waals surface area contributed by atoms with Crippen molar-refractivity contribution in [2.24, 2.45) is 17.8 Å². The highest BCUT2D eigenvalue weighted by atomic mass is 32.2. The molecule has 1 aromatic rings. The third-order valence-electron chi connectivity index (χ3n) is 6.48. The molecule has 1 amide bonds. The Bertz CT molecular complexity index is 742. The summed E-state index contributed by atoms with van der Waals surface area (Å²) < 4.78 is 26.8. The highest BCUT2D eigenvalue weighted by molar-refractivity contribution is 7.88. The van der Waals surface area contributed by atoms with Gasteiger partial charge in [-0.05, 0) is 49.5 Å². The fourth-order valence-corrected chi connectivity index (χ4v) is 6.56. The van der Waals surface area contributed by atoms with E-state index in [4.69, 9.17) is 0 Å². The van der Waals surface area contributed by atoms with E-state index in [1.807, 2.05) is 30.3 Å². The van der Waals surface area contributed by atoms with Crippen molar-refractivity contribution < 1.29 is 13.2 Å². The number of amides is 1. The number of hydrogen-bond donors (Lipinski definition) is 1. The van der Waals surface area contributed by atoms with E-state index >= 15 is 0 Å². The van der Waals surface area contributed by atoms with Crippen molar-refractivity contribution in [2.45, 2.75) is 50.3 Å². The SMILES string of the molecule is O=C(NC1CC2CCC1C2)C1CCN(S(=O)(=O)Cc2ccccc2)CC1. The van der Waals surface area contributed by atoms with Gasteiger partial charge in [-0.3, -0.25) is 4.79 Å². The maximum atomic E-state index is 12.6. The normalized spacial score (nSPS) is 29.8. The Labute approximate surface area is 156 Å². The zero-order chi connectivity index (χ0) is 18.1. The fraction of sp³-hybridized carbons (Fsp3) is 0.650. The Hall–Kier alpha value is -1.40. The van der Waals surface area contributed by atoms with E-state index in [1.165, 1.54) is 19.3 Å². The van der Waals surface area contributed by atoms with Gasteiger partial charge in [0.25, 0.3) is 0 Å². The number of carbonyl (C=O) groups is 1. The Kier molecular flexibility index (Phi) is 5.06. The summed E-state index contributed by atoms with van der Waals surface area (Å²) >= 11 is 0. The van der Waals surface area contributed by atoms with Gasteiger partial charge < -0.3 is 5.32 Å². The summed E-state index contributed by atoms with van der Waals surface area (Å²) in [5.41, 5.74) is 0.809. The lowest BCUT2D eigenvalue weighted by atomic mass is 9.93. The first kappa shape index (κ1) is 18.0. The monoisotopic (exact) mass is 376 g/mol. The topological polar surface area (TPSA) is 66.5 Å². The summed E-state index contributed by atoms with van der Waals surface area (Å²) in [4.78, 5) is 12.6. The highest BCUT2D eigenvalue weighted by Crippen LogP contribution is 2.44. The van der Waals surface area contributed by atoms with Crippen LogP contribution in [0.1, 0.15) is 44.1 Å². The van der Waals surface area contributed by atoms with Crippen LogP contribution in [0.5, 0.6) is 0 Å². The van der Waals surface area contributed by atoms with Crippen LogP contribution < -0.4 is 5.32 Å². The Morgan fingerprint density at radius 3 is 2.38 bits per heavy atom. The molecule has 1 aromatic carbocycles. The molecule has 3 aliphatic rings. The second-order valence-electron chi connectivity index (χ2n) is 8.21. The van der Waals surface area contributed by atoms with Gasteiger partial charge in [0.1, 0.15) is 0 Å². The molecule has 1 heterocycles. The molecule has 1 saturated heterocycles. The van der Waals surface area contributed by atoms with Gasteiger partial charge in [-0.25, -0.2) is 12.7 Å². The van der Waals surface area contributed by atoms with E-state index in [1.54, 1.807) is 4.31 Å². The smallest absolute Gasteiger partial charge is 0.223 e. The van der Waals surface area contributed by atoms with E-state index in [0.717, 1.165) is 17.9 Å². The number of benzene rings is 1. The summed E-state index contributed by atoms with van der Waals surface area (Å²) in [6, 6.07) is 9.64. The predicted molar refractivity (Wildman–Crippen MR) is 101 cm³/mol. The summed E-state index contributed by atoms with van der Waals surface area (Å²) in [6.07, 6.45) is 6.25. The second kappa shape index (κ2) is 7.31. The van der Waals surface area contributed by atoms with Crippen molar-refractivity contribution in [2.75, 3.05) is 13.1 Å². The highest BCUT2D eigenvalue weighted by Gasteiger charge is 2.41. The number of carbonyl (C=O) groups excluding carboxylic acids is 1. The van der Waals surface area contributed by atoms with Crippen molar-refractivity contribution in [3.05, 3.63) is 35.9 Å². The van der Waals surface area contributed by atoms with Crippen LogP contribution in [0, 0.1) is 17.8 Å². The molecule has 2 saturated carbocycles. The average Bonchev–Trinajstić information content (AvgIpc) is 3.25. The molecule has 1 N–H and O–H groups in total. The van der Waals surface area contributed by atoms with Crippen LogP contribution in [-0.2, 0) is 20.6 Å². The van der Waals surface area contributed by atoms with Crippen molar-refractivity contribution in [3.8, 4) is 0 Å². The van der Waals surface area contributed by atoms with Crippen LogP contribution in [0.25, 0.3) is 0 Å². The van der Waals surface area contributed by atoms with Gasteiger partial charge in [0.2, 0.25) is 15.9 Å². The van der Waals surface area contributed by atoms with Gasteiger partial charge in [-0.15, -0.1) is 0 Å². The zero-order valence-corrected chi connectivity index (χ0v) is 16.0. The first-order valence-corrected chi connectivity index (χ1v) is 11.4. The molecule has 26 heavy (non-hydrogen) atoms.